The highest BCUT2D eigenvalue weighted by molar-refractivity contribution is 6.74. The van der Waals surface area contributed by atoms with Gasteiger partial charge in [-0.25, -0.2) is 9.48 Å². The zero-order valence-electron chi connectivity index (χ0n) is 23.9. The first-order valence-electron chi connectivity index (χ1n) is 13.6. The van der Waals surface area contributed by atoms with Gasteiger partial charge in [0.15, 0.2) is 8.32 Å². The summed E-state index contributed by atoms with van der Waals surface area (Å²) >= 11 is 0. The molecule has 1 aliphatic rings. The molecule has 0 bridgehead atoms. The Bertz CT molecular complexity index is 1590. The number of aromatic nitrogens is 5. The predicted octanol–water partition coefficient (Wildman–Crippen LogP) is 5.32. The number of H-pyrrole nitrogens is 1. The Balaban J connectivity index is 1.48. The maximum absolute atomic E-state index is 12.7. The molecule has 5 rings (SSSR count). The van der Waals surface area contributed by atoms with Crippen molar-refractivity contribution >= 4 is 8.32 Å². The van der Waals surface area contributed by atoms with Gasteiger partial charge in [0, 0.05) is 23.7 Å². The van der Waals surface area contributed by atoms with E-state index in [1.54, 1.807) is 19.3 Å². The molecule has 1 aliphatic heterocycles. The van der Waals surface area contributed by atoms with Gasteiger partial charge in [-0.1, -0.05) is 80.6 Å². The number of nitrogens with one attached hydrogen (secondary N) is 1. The fourth-order valence-corrected chi connectivity index (χ4v) is 5.77. The van der Waals surface area contributed by atoms with Gasteiger partial charge in [0.2, 0.25) is 0 Å². The van der Waals surface area contributed by atoms with Gasteiger partial charge in [0.05, 0.1) is 24.5 Å². The van der Waals surface area contributed by atoms with Crippen molar-refractivity contribution < 1.29 is 9.16 Å². The van der Waals surface area contributed by atoms with Crippen LogP contribution in [0, 0.1) is 6.92 Å². The Labute approximate surface area is 234 Å². The highest BCUT2D eigenvalue weighted by atomic mass is 28.4. The van der Waals surface area contributed by atoms with E-state index in [9.17, 15) is 9.59 Å². The fraction of sp³-hybridized carbons (Fsp3) is 0.400. The molecule has 40 heavy (non-hydrogen) atoms. The molecule has 0 saturated carbocycles. The molecular formula is C30H37N5O4Si. The van der Waals surface area contributed by atoms with Gasteiger partial charge >= 0.3 is 5.69 Å². The van der Waals surface area contributed by atoms with Crippen molar-refractivity contribution in [2.45, 2.75) is 70.6 Å². The number of hydrogen-bond acceptors (Lipinski definition) is 6. The van der Waals surface area contributed by atoms with Crippen molar-refractivity contribution in [1.29, 1.82) is 0 Å². The number of nitrogens with zero attached hydrogens (tertiary/aromatic N) is 4. The van der Waals surface area contributed by atoms with Crippen LogP contribution < -0.4 is 11.2 Å². The number of aryl methyl sites for hydroxylation is 1. The van der Waals surface area contributed by atoms with Crippen LogP contribution in [-0.4, -0.2) is 45.6 Å². The molecular weight excluding hydrogens is 522 g/mol. The molecule has 0 radical (unpaired) electrons. The molecule has 1 fully saturated rings. The minimum Gasteiger partial charge on any atom is -0.414 e. The first-order chi connectivity index (χ1) is 18.9. The summed E-state index contributed by atoms with van der Waals surface area (Å²) < 4.78 is 16.4. The van der Waals surface area contributed by atoms with E-state index >= 15 is 0 Å². The van der Waals surface area contributed by atoms with Crippen molar-refractivity contribution in [3.63, 3.8) is 0 Å². The summed E-state index contributed by atoms with van der Waals surface area (Å²) in [6.07, 6.45) is 2.83. The van der Waals surface area contributed by atoms with Crippen LogP contribution in [0.1, 0.15) is 45.0 Å². The van der Waals surface area contributed by atoms with Crippen molar-refractivity contribution in [1.82, 2.24) is 24.5 Å². The molecule has 1 saturated heterocycles. The highest BCUT2D eigenvalue weighted by Gasteiger charge is 2.43. The van der Waals surface area contributed by atoms with Crippen molar-refractivity contribution in [3.8, 4) is 22.4 Å². The van der Waals surface area contributed by atoms with E-state index in [-0.39, 0.29) is 17.2 Å². The van der Waals surface area contributed by atoms with Crippen LogP contribution in [0.3, 0.4) is 0 Å². The Kier molecular flexibility index (Phi) is 7.51. The topological polar surface area (TPSA) is 104 Å². The van der Waals surface area contributed by atoms with Crippen LogP contribution >= 0.6 is 0 Å². The van der Waals surface area contributed by atoms with Crippen LogP contribution in [0.2, 0.25) is 18.1 Å². The monoisotopic (exact) mass is 559 g/mol. The average Bonchev–Trinajstić information content (AvgIpc) is 3.57. The summed E-state index contributed by atoms with van der Waals surface area (Å²) in [6, 6.07) is 18.3. The van der Waals surface area contributed by atoms with E-state index in [1.165, 1.54) is 4.57 Å². The van der Waals surface area contributed by atoms with Crippen LogP contribution in [0.4, 0.5) is 0 Å². The molecule has 3 heterocycles. The zero-order chi connectivity index (χ0) is 28.7. The standard InChI is InChI=1S/C30H37N5O4Si/c1-20-18-34(29(37)32-28(20)36)27-16-24(26(39-27)19-38-40(5,6)30(2,3)4)35-25(17-31-33-35)23-14-12-22(13-15-23)21-10-8-7-9-11-21/h7-15,17-18,24,26-27H,16,19H2,1-6H3,(H,32,36,37)/t24-,26+,27+/m0/s1. The third-order valence-corrected chi connectivity index (χ3v) is 12.8. The summed E-state index contributed by atoms with van der Waals surface area (Å²) in [5, 5.41) is 8.77. The summed E-state index contributed by atoms with van der Waals surface area (Å²) in [7, 11) is -2.07. The summed E-state index contributed by atoms with van der Waals surface area (Å²) in [6.45, 7) is 13.1. The molecule has 2 aromatic heterocycles. The molecule has 10 heteroatoms. The molecule has 0 amide bonds. The third kappa shape index (κ3) is 5.52. The Morgan fingerprint density at radius 2 is 1.68 bits per heavy atom. The predicted molar refractivity (Wildman–Crippen MR) is 158 cm³/mol. The average molecular weight is 560 g/mol. The van der Waals surface area contributed by atoms with Gasteiger partial charge in [-0.05, 0) is 36.2 Å². The second-order valence-electron chi connectivity index (χ2n) is 12.0. The Morgan fingerprint density at radius 1 is 1.02 bits per heavy atom. The molecule has 0 unspecified atom stereocenters. The fourth-order valence-electron chi connectivity index (χ4n) is 4.76. The quantitative estimate of drug-likeness (QED) is 0.307. The largest absolute Gasteiger partial charge is 0.414 e. The van der Waals surface area contributed by atoms with E-state index in [0.29, 0.717) is 18.6 Å². The molecule has 4 aromatic rings. The molecule has 3 atom stereocenters. The lowest BCUT2D eigenvalue weighted by Gasteiger charge is -2.37. The maximum Gasteiger partial charge on any atom is 0.330 e. The normalized spacial score (nSPS) is 19.7. The van der Waals surface area contributed by atoms with Crippen molar-refractivity contribution in [3.05, 3.63) is 93.4 Å². The summed E-state index contributed by atoms with van der Waals surface area (Å²) in [4.78, 5) is 27.1. The third-order valence-electron chi connectivity index (χ3n) is 8.25. The zero-order valence-corrected chi connectivity index (χ0v) is 24.9. The Hall–Kier alpha value is -3.60. The number of benzene rings is 2. The lowest BCUT2D eigenvalue weighted by atomic mass is 10.0. The van der Waals surface area contributed by atoms with Gasteiger partial charge in [0.25, 0.3) is 5.56 Å². The smallest absolute Gasteiger partial charge is 0.330 e. The van der Waals surface area contributed by atoms with Gasteiger partial charge in [-0.2, -0.15) is 0 Å². The first kappa shape index (κ1) is 27.9. The lowest BCUT2D eigenvalue weighted by molar-refractivity contribution is -0.0296. The second kappa shape index (κ2) is 10.8. The van der Waals surface area contributed by atoms with Gasteiger partial charge in [0.1, 0.15) is 12.3 Å². The van der Waals surface area contributed by atoms with E-state index in [1.807, 2.05) is 22.9 Å². The van der Waals surface area contributed by atoms with Crippen LogP contribution in [0.25, 0.3) is 22.4 Å². The second-order valence-corrected chi connectivity index (χ2v) is 16.8. The van der Waals surface area contributed by atoms with Crippen LogP contribution in [0.15, 0.2) is 76.6 Å². The Morgan fingerprint density at radius 3 is 2.35 bits per heavy atom. The number of ether oxygens (including phenoxy) is 1. The molecule has 2 aromatic carbocycles. The van der Waals surface area contributed by atoms with Crippen molar-refractivity contribution in [2.75, 3.05) is 6.61 Å². The van der Waals surface area contributed by atoms with Crippen LogP contribution in [-0.2, 0) is 9.16 Å². The molecule has 0 spiro atoms. The first-order valence-corrected chi connectivity index (χ1v) is 16.5. The summed E-state index contributed by atoms with van der Waals surface area (Å²) in [5.41, 5.74) is 3.66. The van der Waals surface area contributed by atoms with E-state index in [2.05, 4.69) is 85.6 Å². The SMILES string of the molecule is Cc1cn([C@H]2C[C@H](n3nncc3-c3ccc(-c4ccccc4)cc3)[C@@H](CO[Si](C)(C)C(C)(C)C)O2)c(=O)[nH]c1=O. The molecule has 0 aliphatic carbocycles. The van der Waals surface area contributed by atoms with Crippen molar-refractivity contribution in [2.24, 2.45) is 0 Å². The van der Waals surface area contributed by atoms with E-state index in [0.717, 1.165) is 22.4 Å². The van der Waals surface area contributed by atoms with E-state index in [4.69, 9.17) is 9.16 Å². The number of hydrogen-bond donors (Lipinski definition) is 1. The molecule has 210 valence electrons. The van der Waals surface area contributed by atoms with E-state index < -0.39 is 25.8 Å². The van der Waals surface area contributed by atoms with Gasteiger partial charge in [-0.15, -0.1) is 5.10 Å². The molecule has 1 N–H and O–H groups in total. The maximum atomic E-state index is 12.7. The minimum absolute atomic E-state index is 0.0341. The number of aromatic amines is 1. The van der Waals surface area contributed by atoms with Gasteiger partial charge in [-0.3, -0.25) is 14.3 Å². The minimum atomic E-state index is -2.07. The number of rotatable bonds is 7. The lowest BCUT2D eigenvalue weighted by Crippen LogP contribution is -2.43. The van der Waals surface area contributed by atoms with Crippen LogP contribution in [0.5, 0.6) is 0 Å². The van der Waals surface area contributed by atoms with Gasteiger partial charge < -0.3 is 9.16 Å². The highest BCUT2D eigenvalue weighted by Crippen LogP contribution is 2.41. The summed E-state index contributed by atoms with van der Waals surface area (Å²) in [5.74, 6) is 0. The molecule has 9 nitrogen and oxygen atoms in total.